The molecule has 0 unspecified atom stereocenters. The fraction of sp³-hybridized carbons (Fsp3) is 0.400. The van der Waals surface area contributed by atoms with E-state index < -0.39 is 0 Å². The Balaban J connectivity index is 0.00000169. The Morgan fingerprint density at radius 1 is 1.36 bits per heavy atom. The molecule has 80 valence electrons. The summed E-state index contributed by atoms with van der Waals surface area (Å²) in [6, 6.07) is 7.88. The maximum Gasteiger partial charge on any atom is 0.120 e. The van der Waals surface area contributed by atoms with Crippen LogP contribution in [-0.4, -0.2) is 32.1 Å². The summed E-state index contributed by atoms with van der Waals surface area (Å²) >= 11 is 3.39. The molecular weight excluding hydrogens is 265 g/mol. The number of hydrogen-bond donors (Lipinski definition) is 0. The predicted molar refractivity (Wildman–Crippen MR) is 65.4 cm³/mol. The van der Waals surface area contributed by atoms with Gasteiger partial charge in [-0.05, 0) is 32.3 Å². The minimum Gasteiger partial charge on any atom is -0.492 e. The lowest BCUT2D eigenvalue weighted by Crippen LogP contribution is -2.19. The first-order valence-electron chi connectivity index (χ1n) is 4.21. The third-order valence-electron chi connectivity index (χ3n) is 1.60. The van der Waals surface area contributed by atoms with E-state index in [0.717, 1.165) is 23.4 Å². The summed E-state index contributed by atoms with van der Waals surface area (Å²) in [5, 5.41) is 0. The van der Waals surface area contributed by atoms with Gasteiger partial charge in [-0.15, -0.1) is 12.4 Å². The van der Waals surface area contributed by atoms with Crippen LogP contribution < -0.4 is 4.74 Å². The van der Waals surface area contributed by atoms with Crippen molar-refractivity contribution in [1.29, 1.82) is 0 Å². The standard InChI is InChI=1S/C10H14BrNO.ClH/c1-12(2)6-7-13-10-5-3-4-9(11)8-10;/h3-5,8H,6-7H2,1-2H3;1H. The van der Waals surface area contributed by atoms with Crippen molar-refractivity contribution in [3.05, 3.63) is 28.7 Å². The van der Waals surface area contributed by atoms with E-state index in [1.807, 2.05) is 38.4 Å². The lowest BCUT2D eigenvalue weighted by molar-refractivity contribution is 0.261. The van der Waals surface area contributed by atoms with Crippen LogP contribution in [0, 0.1) is 0 Å². The number of likely N-dealkylation sites (N-methyl/N-ethyl adjacent to an activating group) is 1. The van der Waals surface area contributed by atoms with Crippen molar-refractivity contribution in [1.82, 2.24) is 4.90 Å². The van der Waals surface area contributed by atoms with E-state index in [-0.39, 0.29) is 12.4 Å². The maximum atomic E-state index is 5.53. The highest BCUT2D eigenvalue weighted by Crippen LogP contribution is 2.17. The second-order valence-electron chi connectivity index (χ2n) is 3.11. The molecule has 0 N–H and O–H groups in total. The number of rotatable bonds is 4. The number of ether oxygens (including phenoxy) is 1. The van der Waals surface area contributed by atoms with Gasteiger partial charge in [-0.25, -0.2) is 0 Å². The largest absolute Gasteiger partial charge is 0.492 e. The van der Waals surface area contributed by atoms with E-state index in [1.165, 1.54) is 0 Å². The number of benzene rings is 1. The highest BCUT2D eigenvalue weighted by Gasteiger charge is 1.94. The molecule has 4 heteroatoms. The molecule has 0 bridgehead atoms. The van der Waals surface area contributed by atoms with Gasteiger partial charge in [-0.3, -0.25) is 0 Å². The summed E-state index contributed by atoms with van der Waals surface area (Å²) in [7, 11) is 4.06. The van der Waals surface area contributed by atoms with Crippen molar-refractivity contribution >= 4 is 28.3 Å². The Morgan fingerprint density at radius 3 is 2.64 bits per heavy atom. The average molecular weight is 281 g/mol. The average Bonchev–Trinajstić information content (AvgIpc) is 2.03. The van der Waals surface area contributed by atoms with E-state index >= 15 is 0 Å². The summed E-state index contributed by atoms with van der Waals surface area (Å²) in [6.07, 6.45) is 0. The van der Waals surface area contributed by atoms with Gasteiger partial charge in [-0.2, -0.15) is 0 Å². The van der Waals surface area contributed by atoms with Crippen LogP contribution in [0.5, 0.6) is 5.75 Å². The van der Waals surface area contributed by atoms with Crippen molar-refractivity contribution < 1.29 is 4.74 Å². The van der Waals surface area contributed by atoms with Gasteiger partial charge in [0.15, 0.2) is 0 Å². The van der Waals surface area contributed by atoms with Crippen molar-refractivity contribution in [2.45, 2.75) is 0 Å². The first kappa shape index (κ1) is 13.8. The Kier molecular flexibility index (Phi) is 6.97. The van der Waals surface area contributed by atoms with Crippen LogP contribution in [0.3, 0.4) is 0 Å². The molecule has 2 nitrogen and oxygen atoms in total. The zero-order valence-electron chi connectivity index (χ0n) is 8.37. The maximum absolute atomic E-state index is 5.53. The molecular formula is C10H15BrClNO. The third-order valence-corrected chi connectivity index (χ3v) is 2.10. The molecule has 0 radical (unpaired) electrons. The third kappa shape index (κ3) is 5.47. The van der Waals surface area contributed by atoms with E-state index in [9.17, 15) is 0 Å². The molecule has 1 rings (SSSR count). The summed E-state index contributed by atoms with van der Waals surface area (Å²) in [6.45, 7) is 1.66. The molecule has 0 saturated carbocycles. The van der Waals surface area contributed by atoms with Crippen LogP contribution in [0.15, 0.2) is 28.7 Å². The highest BCUT2D eigenvalue weighted by molar-refractivity contribution is 9.10. The van der Waals surface area contributed by atoms with E-state index in [1.54, 1.807) is 0 Å². The Hall–Kier alpha value is -0.250. The van der Waals surface area contributed by atoms with Crippen molar-refractivity contribution in [3.8, 4) is 5.75 Å². The zero-order valence-corrected chi connectivity index (χ0v) is 10.8. The van der Waals surface area contributed by atoms with E-state index in [2.05, 4.69) is 20.8 Å². The molecule has 0 aromatic heterocycles. The topological polar surface area (TPSA) is 12.5 Å². The molecule has 0 spiro atoms. The quantitative estimate of drug-likeness (QED) is 0.841. The number of halogens is 2. The fourth-order valence-corrected chi connectivity index (χ4v) is 1.28. The van der Waals surface area contributed by atoms with Crippen LogP contribution in [0.2, 0.25) is 0 Å². The summed E-state index contributed by atoms with van der Waals surface area (Å²) in [4.78, 5) is 2.10. The molecule has 0 amide bonds. The first-order chi connectivity index (χ1) is 6.18. The minimum atomic E-state index is 0. The number of hydrogen-bond acceptors (Lipinski definition) is 2. The molecule has 0 fully saturated rings. The van der Waals surface area contributed by atoms with Gasteiger partial charge in [0.25, 0.3) is 0 Å². The molecule has 0 saturated heterocycles. The first-order valence-corrected chi connectivity index (χ1v) is 5.01. The molecule has 0 aliphatic heterocycles. The van der Waals surface area contributed by atoms with Crippen molar-refractivity contribution in [2.24, 2.45) is 0 Å². The molecule has 0 heterocycles. The van der Waals surface area contributed by atoms with Gasteiger partial charge in [0.1, 0.15) is 12.4 Å². The Labute approximate surface area is 99.8 Å². The zero-order chi connectivity index (χ0) is 9.68. The Bertz CT molecular complexity index is 268. The molecule has 0 aliphatic carbocycles. The Morgan fingerprint density at radius 2 is 2.07 bits per heavy atom. The van der Waals surface area contributed by atoms with Gasteiger partial charge in [0.05, 0.1) is 0 Å². The van der Waals surface area contributed by atoms with Crippen LogP contribution in [-0.2, 0) is 0 Å². The normalized spacial score (nSPS) is 9.71. The molecule has 0 aliphatic rings. The highest BCUT2D eigenvalue weighted by atomic mass is 79.9. The smallest absolute Gasteiger partial charge is 0.120 e. The van der Waals surface area contributed by atoms with Gasteiger partial charge in [0.2, 0.25) is 0 Å². The number of nitrogens with zero attached hydrogens (tertiary/aromatic N) is 1. The van der Waals surface area contributed by atoms with Gasteiger partial charge in [-0.1, -0.05) is 22.0 Å². The van der Waals surface area contributed by atoms with Crippen LogP contribution in [0.4, 0.5) is 0 Å². The second kappa shape index (κ2) is 7.10. The lowest BCUT2D eigenvalue weighted by Gasteiger charge is -2.10. The molecule has 1 aromatic carbocycles. The van der Waals surface area contributed by atoms with Crippen LogP contribution >= 0.6 is 28.3 Å². The summed E-state index contributed by atoms with van der Waals surface area (Å²) in [5.41, 5.74) is 0. The summed E-state index contributed by atoms with van der Waals surface area (Å²) in [5.74, 6) is 0.913. The van der Waals surface area contributed by atoms with Crippen LogP contribution in [0.1, 0.15) is 0 Å². The van der Waals surface area contributed by atoms with Gasteiger partial charge >= 0.3 is 0 Å². The minimum absolute atomic E-state index is 0. The van der Waals surface area contributed by atoms with Gasteiger partial charge < -0.3 is 9.64 Å². The molecule has 0 atom stereocenters. The van der Waals surface area contributed by atoms with Crippen molar-refractivity contribution in [2.75, 3.05) is 27.2 Å². The van der Waals surface area contributed by atoms with E-state index in [4.69, 9.17) is 4.74 Å². The molecule has 14 heavy (non-hydrogen) atoms. The van der Waals surface area contributed by atoms with E-state index in [0.29, 0.717) is 0 Å². The lowest BCUT2D eigenvalue weighted by atomic mass is 10.3. The molecule has 1 aromatic rings. The SMILES string of the molecule is CN(C)CCOc1cccc(Br)c1.Cl. The van der Waals surface area contributed by atoms with Crippen molar-refractivity contribution in [3.63, 3.8) is 0 Å². The summed E-state index contributed by atoms with van der Waals surface area (Å²) < 4.78 is 6.58. The second-order valence-corrected chi connectivity index (χ2v) is 4.02. The van der Waals surface area contributed by atoms with Gasteiger partial charge in [0, 0.05) is 11.0 Å². The fourth-order valence-electron chi connectivity index (χ4n) is 0.903. The monoisotopic (exact) mass is 279 g/mol. The predicted octanol–water partition coefficient (Wildman–Crippen LogP) is 2.81. The van der Waals surface area contributed by atoms with Crippen LogP contribution in [0.25, 0.3) is 0 Å².